The molecule has 1 fully saturated rings. The van der Waals surface area contributed by atoms with Crippen LogP contribution in [0.5, 0.6) is 0 Å². The van der Waals surface area contributed by atoms with E-state index in [1.807, 2.05) is 6.92 Å². The smallest absolute Gasteiger partial charge is 0.333 e. The number of esters is 1. The van der Waals surface area contributed by atoms with Crippen molar-refractivity contribution in [3.05, 3.63) is 12.2 Å². The molecular weight excluding hydrogens is 194 g/mol. The van der Waals surface area contributed by atoms with E-state index in [2.05, 4.69) is 11.9 Å². The van der Waals surface area contributed by atoms with Crippen LogP contribution in [-0.4, -0.2) is 37.9 Å². The van der Waals surface area contributed by atoms with Gasteiger partial charge in [0.05, 0.1) is 12.7 Å². The molecule has 2 unspecified atom stereocenters. The first kappa shape index (κ1) is 12.2. The molecule has 0 aromatic rings. The van der Waals surface area contributed by atoms with Crippen LogP contribution in [0, 0.1) is 0 Å². The van der Waals surface area contributed by atoms with E-state index in [0.717, 1.165) is 26.1 Å². The SMILES string of the molecule is C=C(C)C(=O)OC(C)CC1CNCCO1. The van der Waals surface area contributed by atoms with Crippen molar-refractivity contribution in [2.75, 3.05) is 19.7 Å². The Morgan fingerprint density at radius 3 is 3.00 bits per heavy atom. The molecule has 0 radical (unpaired) electrons. The van der Waals surface area contributed by atoms with Crippen molar-refractivity contribution in [3.8, 4) is 0 Å². The molecule has 0 spiro atoms. The monoisotopic (exact) mass is 213 g/mol. The molecule has 1 heterocycles. The zero-order valence-corrected chi connectivity index (χ0v) is 9.41. The van der Waals surface area contributed by atoms with Crippen molar-refractivity contribution in [1.82, 2.24) is 5.32 Å². The summed E-state index contributed by atoms with van der Waals surface area (Å²) in [6, 6.07) is 0. The number of hydrogen-bond acceptors (Lipinski definition) is 4. The Labute approximate surface area is 90.6 Å². The van der Waals surface area contributed by atoms with Crippen LogP contribution >= 0.6 is 0 Å². The van der Waals surface area contributed by atoms with Crippen LogP contribution in [0.25, 0.3) is 0 Å². The van der Waals surface area contributed by atoms with Gasteiger partial charge in [0.15, 0.2) is 0 Å². The average Bonchev–Trinajstić information content (AvgIpc) is 2.18. The molecule has 0 bridgehead atoms. The summed E-state index contributed by atoms with van der Waals surface area (Å²) in [5, 5.41) is 3.23. The fourth-order valence-corrected chi connectivity index (χ4v) is 1.47. The van der Waals surface area contributed by atoms with Gasteiger partial charge in [-0.15, -0.1) is 0 Å². The van der Waals surface area contributed by atoms with Crippen LogP contribution in [0.1, 0.15) is 20.3 Å². The Morgan fingerprint density at radius 2 is 2.47 bits per heavy atom. The van der Waals surface area contributed by atoms with Crippen LogP contribution in [0.15, 0.2) is 12.2 Å². The van der Waals surface area contributed by atoms with Gasteiger partial charge < -0.3 is 14.8 Å². The molecule has 4 heteroatoms. The van der Waals surface area contributed by atoms with E-state index in [1.165, 1.54) is 0 Å². The lowest BCUT2D eigenvalue weighted by Gasteiger charge is -2.26. The quantitative estimate of drug-likeness (QED) is 0.556. The predicted octanol–water partition coefficient (Wildman–Crippen LogP) is 0.873. The molecule has 0 aromatic heterocycles. The molecule has 0 aliphatic carbocycles. The summed E-state index contributed by atoms with van der Waals surface area (Å²) in [7, 11) is 0. The Balaban J connectivity index is 2.25. The number of carbonyl (C=O) groups excluding carboxylic acids is 1. The number of carbonyl (C=O) groups is 1. The van der Waals surface area contributed by atoms with Gasteiger partial charge in [-0.25, -0.2) is 4.79 Å². The molecule has 15 heavy (non-hydrogen) atoms. The Kier molecular flexibility index (Phi) is 4.78. The molecule has 4 nitrogen and oxygen atoms in total. The largest absolute Gasteiger partial charge is 0.459 e. The molecule has 0 aromatic carbocycles. The summed E-state index contributed by atoms with van der Waals surface area (Å²) in [4.78, 5) is 11.2. The van der Waals surface area contributed by atoms with E-state index in [4.69, 9.17) is 9.47 Å². The van der Waals surface area contributed by atoms with Crippen molar-refractivity contribution in [1.29, 1.82) is 0 Å². The number of rotatable bonds is 4. The molecule has 1 N–H and O–H groups in total. The first-order chi connectivity index (χ1) is 7.09. The maximum Gasteiger partial charge on any atom is 0.333 e. The number of hydrogen-bond donors (Lipinski definition) is 1. The number of nitrogens with one attached hydrogen (secondary N) is 1. The van der Waals surface area contributed by atoms with Crippen LogP contribution in [0.3, 0.4) is 0 Å². The average molecular weight is 213 g/mol. The third-order valence-corrected chi connectivity index (χ3v) is 2.26. The number of ether oxygens (including phenoxy) is 2. The lowest BCUT2D eigenvalue weighted by molar-refractivity contribution is -0.145. The standard InChI is InChI=1S/C11H19NO3/c1-8(2)11(13)15-9(3)6-10-7-12-4-5-14-10/h9-10,12H,1,4-7H2,2-3H3. The van der Waals surface area contributed by atoms with Crippen LogP contribution < -0.4 is 5.32 Å². The van der Waals surface area contributed by atoms with Gasteiger partial charge in [0.2, 0.25) is 0 Å². The van der Waals surface area contributed by atoms with E-state index in [0.29, 0.717) is 5.57 Å². The minimum Gasteiger partial charge on any atom is -0.459 e. The van der Waals surface area contributed by atoms with Crippen molar-refractivity contribution < 1.29 is 14.3 Å². The highest BCUT2D eigenvalue weighted by Crippen LogP contribution is 2.09. The Morgan fingerprint density at radius 1 is 1.73 bits per heavy atom. The van der Waals surface area contributed by atoms with E-state index in [1.54, 1.807) is 6.92 Å². The lowest BCUT2D eigenvalue weighted by Crippen LogP contribution is -2.40. The Hall–Kier alpha value is -0.870. The van der Waals surface area contributed by atoms with Crippen molar-refractivity contribution in [3.63, 3.8) is 0 Å². The van der Waals surface area contributed by atoms with Gasteiger partial charge in [-0.2, -0.15) is 0 Å². The highest BCUT2D eigenvalue weighted by atomic mass is 16.5. The molecule has 0 saturated carbocycles. The van der Waals surface area contributed by atoms with Crippen LogP contribution in [-0.2, 0) is 14.3 Å². The van der Waals surface area contributed by atoms with Gasteiger partial charge in [-0.1, -0.05) is 6.58 Å². The summed E-state index contributed by atoms with van der Waals surface area (Å²) >= 11 is 0. The third kappa shape index (κ3) is 4.44. The van der Waals surface area contributed by atoms with Crippen LogP contribution in [0.2, 0.25) is 0 Å². The molecule has 1 rings (SSSR count). The number of morpholine rings is 1. The van der Waals surface area contributed by atoms with Crippen molar-refractivity contribution in [2.24, 2.45) is 0 Å². The summed E-state index contributed by atoms with van der Waals surface area (Å²) in [6.45, 7) is 9.51. The first-order valence-corrected chi connectivity index (χ1v) is 5.28. The predicted molar refractivity (Wildman–Crippen MR) is 57.6 cm³/mol. The summed E-state index contributed by atoms with van der Waals surface area (Å²) in [6.07, 6.45) is 0.747. The lowest BCUT2D eigenvalue weighted by atomic mass is 10.1. The van der Waals surface area contributed by atoms with Gasteiger partial charge in [0.25, 0.3) is 0 Å². The Bertz CT molecular complexity index is 234. The fraction of sp³-hybridized carbons (Fsp3) is 0.727. The minimum atomic E-state index is -0.328. The highest BCUT2D eigenvalue weighted by molar-refractivity contribution is 5.87. The van der Waals surface area contributed by atoms with Crippen molar-refractivity contribution in [2.45, 2.75) is 32.5 Å². The zero-order chi connectivity index (χ0) is 11.3. The van der Waals surface area contributed by atoms with Gasteiger partial charge in [-0.3, -0.25) is 0 Å². The van der Waals surface area contributed by atoms with E-state index in [-0.39, 0.29) is 18.2 Å². The summed E-state index contributed by atoms with van der Waals surface area (Å²) in [5.74, 6) is -0.328. The van der Waals surface area contributed by atoms with E-state index < -0.39 is 0 Å². The molecule has 86 valence electrons. The minimum absolute atomic E-state index is 0.126. The fourth-order valence-electron chi connectivity index (χ4n) is 1.47. The van der Waals surface area contributed by atoms with Crippen LogP contribution in [0.4, 0.5) is 0 Å². The molecule has 1 aliphatic heterocycles. The van der Waals surface area contributed by atoms with Gasteiger partial charge in [0.1, 0.15) is 6.10 Å². The maximum atomic E-state index is 11.2. The second-order valence-corrected chi connectivity index (χ2v) is 3.93. The van der Waals surface area contributed by atoms with E-state index in [9.17, 15) is 4.79 Å². The molecule has 2 atom stereocenters. The van der Waals surface area contributed by atoms with Crippen molar-refractivity contribution >= 4 is 5.97 Å². The second-order valence-electron chi connectivity index (χ2n) is 3.93. The molecule has 1 aliphatic rings. The van der Waals surface area contributed by atoms with Gasteiger partial charge in [0, 0.05) is 25.1 Å². The molecule has 0 amide bonds. The first-order valence-electron chi connectivity index (χ1n) is 5.28. The second kappa shape index (κ2) is 5.88. The third-order valence-electron chi connectivity index (χ3n) is 2.26. The van der Waals surface area contributed by atoms with Gasteiger partial charge in [-0.05, 0) is 13.8 Å². The maximum absolute atomic E-state index is 11.2. The normalized spacial score (nSPS) is 23.2. The topological polar surface area (TPSA) is 47.6 Å². The highest BCUT2D eigenvalue weighted by Gasteiger charge is 2.19. The van der Waals surface area contributed by atoms with E-state index >= 15 is 0 Å². The zero-order valence-electron chi connectivity index (χ0n) is 9.41. The van der Waals surface area contributed by atoms with Gasteiger partial charge >= 0.3 is 5.97 Å². The summed E-state index contributed by atoms with van der Waals surface area (Å²) < 4.78 is 10.7. The summed E-state index contributed by atoms with van der Waals surface area (Å²) in [5.41, 5.74) is 0.435. The molecular formula is C11H19NO3. The molecule has 1 saturated heterocycles.